The first-order valence-electron chi connectivity index (χ1n) is 6.36. The number of hydrogen-bond donors (Lipinski definition) is 2. The van der Waals surface area contributed by atoms with Gasteiger partial charge in [0.15, 0.2) is 5.78 Å². The van der Waals surface area contributed by atoms with E-state index < -0.39 is 0 Å². The Kier molecular flexibility index (Phi) is 2.63. The van der Waals surface area contributed by atoms with Crippen LogP contribution < -0.4 is 11.1 Å². The van der Waals surface area contributed by atoms with E-state index in [1.807, 2.05) is 18.2 Å². The Morgan fingerprint density at radius 2 is 2.12 bits per heavy atom. The Balaban J connectivity index is 1.98. The topological polar surface area (TPSA) is 55.1 Å². The number of benzene rings is 1. The lowest BCUT2D eigenvalue weighted by atomic mass is 9.82. The number of carbonyl (C=O) groups excluding carboxylic acids is 1. The smallest absolute Gasteiger partial charge is 0.163 e. The van der Waals surface area contributed by atoms with Crippen molar-refractivity contribution in [2.24, 2.45) is 11.8 Å². The summed E-state index contributed by atoms with van der Waals surface area (Å²) >= 11 is 0. The van der Waals surface area contributed by atoms with Crippen molar-refractivity contribution in [1.82, 2.24) is 5.32 Å². The van der Waals surface area contributed by atoms with Gasteiger partial charge in [-0.1, -0.05) is 6.07 Å². The lowest BCUT2D eigenvalue weighted by molar-refractivity contribution is 0.0939. The van der Waals surface area contributed by atoms with Gasteiger partial charge in [-0.25, -0.2) is 0 Å². The van der Waals surface area contributed by atoms with Crippen molar-refractivity contribution in [1.29, 1.82) is 0 Å². The summed E-state index contributed by atoms with van der Waals surface area (Å²) in [4.78, 5) is 12.2. The first-order valence-corrected chi connectivity index (χ1v) is 6.36. The fraction of sp³-hybridized carbons (Fsp3) is 0.500. The van der Waals surface area contributed by atoms with Crippen LogP contribution in [0.5, 0.6) is 0 Å². The lowest BCUT2D eigenvalue weighted by Crippen LogP contribution is -2.37. The molecular formula is C14H18N2O. The van der Waals surface area contributed by atoms with Crippen LogP contribution in [0, 0.1) is 11.8 Å². The van der Waals surface area contributed by atoms with E-state index in [1.54, 1.807) is 0 Å². The van der Waals surface area contributed by atoms with Crippen LogP contribution in [0.15, 0.2) is 18.2 Å². The fourth-order valence-electron chi connectivity index (χ4n) is 3.15. The highest BCUT2D eigenvalue weighted by Crippen LogP contribution is 2.33. The van der Waals surface area contributed by atoms with Crippen LogP contribution >= 0.6 is 0 Å². The van der Waals surface area contributed by atoms with Gasteiger partial charge >= 0.3 is 0 Å². The largest absolute Gasteiger partial charge is 0.399 e. The van der Waals surface area contributed by atoms with E-state index in [2.05, 4.69) is 5.32 Å². The van der Waals surface area contributed by atoms with Crippen LogP contribution in [0.4, 0.5) is 5.69 Å². The SMILES string of the molecule is Nc1ccc2c(c1)C(=O)C[C@H]1CCNC[C@@H]1C2. The molecule has 0 aromatic heterocycles. The molecule has 0 amide bonds. The van der Waals surface area contributed by atoms with Crippen LogP contribution in [-0.4, -0.2) is 18.9 Å². The number of carbonyl (C=O) groups is 1. The van der Waals surface area contributed by atoms with Crippen LogP contribution in [0.2, 0.25) is 0 Å². The molecule has 1 aliphatic carbocycles. The Hall–Kier alpha value is -1.35. The standard InChI is InChI=1S/C14H18N2O/c15-12-2-1-10-5-11-8-16-4-3-9(11)6-14(17)13(10)7-12/h1-2,7,9,11,16H,3-6,8,15H2/t9-,11+/m1/s1. The van der Waals surface area contributed by atoms with E-state index in [0.29, 0.717) is 23.9 Å². The maximum Gasteiger partial charge on any atom is 0.163 e. The van der Waals surface area contributed by atoms with Crippen molar-refractivity contribution in [3.63, 3.8) is 0 Å². The van der Waals surface area contributed by atoms with Gasteiger partial charge in [-0.2, -0.15) is 0 Å². The second-order valence-electron chi connectivity index (χ2n) is 5.26. The number of Topliss-reactive ketones (excluding diaryl/α,β-unsaturated/α-hetero) is 1. The van der Waals surface area contributed by atoms with Gasteiger partial charge in [0.2, 0.25) is 0 Å². The number of piperidine rings is 1. The average Bonchev–Trinajstić information content (AvgIpc) is 2.46. The van der Waals surface area contributed by atoms with Gasteiger partial charge in [-0.05, 0) is 55.5 Å². The summed E-state index contributed by atoms with van der Waals surface area (Å²) < 4.78 is 0. The molecule has 1 saturated heterocycles. The number of nitrogens with two attached hydrogens (primary N) is 1. The highest BCUT2D eigenvalue weighted by molar-refractivity contribution is 5.98. The summed E-state index contributed by atoms with van der Waals surface area (Å²) in [5.74, 6) is 1.44. The molecule has 90 valence electrons. The minimum absolute atomic E-state index is 0.279. The maximum atomic E-state index is 12.2. The van der Waals surface area contributed by atoms with Gasteiger partial charge in [-0.15, -0.1) is 0 Å². The zero-order valence-corrected chi connectivity index (χ0v) is 9.91. The molecule has 1 fully saturated rings. The van der Waals surface area contributed by atoms with Crippen LogP contribution in [0.1, 0.15) is 28.8 Å². The molecule has 0 spiro atoms. The number of hydrogen-bond acceptors (Lipinski definition) is 3. The van der Waals surface area contributed by atoms with Crippen molar-refractivity contribution >= 4 is 11.5 Å². The van der Waals surface area contributed by atoms with Gasteiger partial charge in [0.1, 0.15) is 0 Å². The fourth-order valence-corrected chi connectivity index (χ4v) is 3.15. The molecule has 1 heterocycles. The number of nitrogens with one attached hydrogen (secondary N) is 1. The van der Waals surface area contributed by atoms with Gasteiger partial charge in [0.25, 0.3) is 0 Å². The summed E-state index contributed by atoms with van der Waals surface area (Å²) in [7, 11) is 0. The summed E-state index contributed by atoms with van der Waals surface area (Å²) in [5.41, 5.74) is 8.51. The first kappa shape index (κ1) is 10.8. The number of rotatable bonds is 0. The van der Waals surface area contributed by atoms with Gasteiger partial charge in [0.05, 0.1) is 0 Å². The van der Waals surface area contributed by atoms with Crippen molar-refractivity contribution in [2.75, 3.05) is 18.8 Å². The highest BCUT2D eigenvalue weighted by atomic mass is 16.1. The van der Waals surface area contributed by atoms with E-state index in [4.69, 9.17) is 5.73 Å². The summed E-state index contributed by atoms with van der Waals surface area (Å²) in [6.07, 6.45) is 2.84. The second-order valence-corrected chi connectivity index (χ2v) is 5.26. The molecule has 1 aliphatic heterocycles. The molecule has 2 atom stereocenters. The quantitative estimate of drug-likeness (QED) is 0.666. The Morgan fingerprint density at radius 3 is 3.00 bits per heavy atom. The lowest BCUT2D eigenvalue weighted by Gasteiger charge is -2.30. The Morgan fingerprint density at radius 1 is 1.24 bits per heavy atom. The predicted molar refractivity (Wildman–Crippen MR) is 68.0 cm³/mol. The third-order valence-electron chi connectivity index (χ3n) is 4.13. The van der Waals surface area contributed by atoms with Crippen molar-refractivity contribution in [2.45, 2.75) is 19.3 Å². The van der Waals surface area contributed by atoms with Gasteiger partial charge in [-0.3, -0.25) is 4.79 Å². The Bertz CT molecular complexity index is 456. The van der Waals surface area contributed by atoms with Gasteiger partial charge < -0.3 is 11.1 Å². The number of ketones is 1. The summed E-state index contributed by atoms with van der Waals surface area (Å²) in [5, 5.41) is 3.43. The molecule has 0 unspecified atom stereocenters. The second kappa shape index (κ2) is 4.15. The van der Waals surface area contributed by atoms with Crippen molar-refractivity contribution in [3.8, 4) is 0 Å². The zero-order valence-electron chi connectivity index (χ0n) is 9.91. The third kappa shape index (κ3) is 1.95. The minimum Gasteiger partial charge on any atom is -0.399 e. The predicted octanol–water partition coefficient (Wildman–Crippen LogP) is 1.62. The average molecular weight is 230 g/mol. The van der Waals surface area contributed by atoms with Crippen LogP contribution in [0.3, 0.4) is 0 Å². The molecule has 0 bridgehead atoms. The maximum absolute atomic E-state index is 12.2. The van der Waals surface area contributed by atoms with E-state index in [1.165, 1.54) is 5.56 Å². The normalized spacial score (nSPS) is 28.1. The summed E-state index contributed by atoms with van der Waals surface area (Å²) in [6, 6.07) is 5.78. The molecular weight excluding hydrogens is 212 g/mol. The van der Waals surface area contributed by atoms with Crippen molar-refractivity contribution < 1.29 is 4.79 Å². The summed E-state index contributed by atoms with van der Waals surface area (Å²) in [6.45, 7) is 2.09. The minimum atomic E-state index is 0.279. The number of anilines is 1. The zero-order chi connectivity index (χ0) is 11.8. The Labute approximate surface area is 101 Å². The third-order valence-corrected chi connectivity index (χ3v) is 4.13. The molecule has 17 heavy (non-hydrogen) atoms. The molecule has 0 saturated carbocycles. The molecule has 3 N–H and O–H groups in total. The van der Waals surface area contributed by atoms with Crippen molar-refractivity contribution in [3.05, 3.63) is 29.3 Å². The van der Waals surface area contributed by atoms with Crippen LogP contribution in [-0.2, 0) is 6.42 Å². The molecule has 2 aliphatic rings. The first-order chi connectivity index (χ1) is 8.24. The number of fused-ring (bicyclic) bond motifs is 2. The van der Waals surface area contributed by atoms with E-state index in [9.17, 15) is 4.79 Å². The monoisotopic (exact) mass is 230 g/mol. The van der Waals surface area contributed by atoms with Crippen LogP contribution in [0.25, 0.3) is 0 Å². The van der Waals surface area contributed by atoms with E-state index >= 15 is 0 Å². The van der Waals surface area contributed by atoms with E-state index in [0.717, 1.165) is 31.5 Å². The molecule has 1 aromatic rings. The molecule has 3 rings (SSSR count). The van der Waals surface area contributed by atoms with Gasteiger partial charge in [0, 0.05) is 17.7 Å². The number of nitrogen functional groups attached to an aromatic ring is 1. The molecule has 1 aromatic carbocycles. The molecule has 3 heteroatoms. The van der Waals surface area contributed by atoms with E-state index in [-0.39, 0.29) is 5.78 Å². The highest BCUT2D eigenvalue weighted by Gasteiger charge is 2.31. The molecule has 0 radical (unpaired) electrons. The molecule has 3 nitrogen and oxygen atoms in total.